The minimum Gasteiger partial charge on any atom is -0.491 e. The number of hydrogen-bond acceptors (Lipinski definition) is 2. The summed E-state index contributed by atoms with van der Waals surface area (Å²) in [4.78, 5) is 0. The Hall–Kier alpha value is -1.87. The van der Waals surface area contributed by atoms with E-state index in [0.29, 0.717) is 12.4 Å². The number of aryl methyl sites for hydroxylation is 2. The number of halogens is 1. The molecule has 2 rings (SSSR count). The van der Waals surface area contributed by atoms with Crippen LogP contribution in [0.5, 0.6) is 5.75 Å². The van der Waals surface area contributed by atoms with Crippen molar-refractivity contribution in [3.05, 3.63) is 65.0 Å². The number of nitrogens with one attached hydrogen (secondary N) is 1. The number of hydrogen-bond donors (Lipinski definition) is 1. The molecular weight excluding hydrogens is 265 g/mol. The van der Waals surface area contributed by atoms with E-state index in [2.05, 4.69) is 43.4 Å². The standard InChI is InChI=1S/C18H22FNO/c1-4-20-17(15-8-5-13(2)6-9-15)12-21-18-11-16(19)10-7-14(18)3/h5-11,17,20H,4,12H2,1-3H3. The second kappa shape index (κ2) is 7.23. The third-order valence-corrected chi connectivity index (χ3v) is 3.49. The van der Waals surface area contributed by atoms with E-state index in [9.17, 15) is 4.39 Å². The first-order valence-corrected chi connectivity index (χ1v) is 7.29. The van der Waals surface area contributed by atoms with Crippen molar-refractivity contribution in [2.45, 2.75) is 26.8 Å². The van der Waals surface area contributed by atoms with Crippen molar-refractivity contribution in [3.63, 3.8) is 0 Å². The van der Waals surface area contributed by atoms with Gasteiger partial charge in [-0.05, 0) is 37.6 Å². The van der Waals surface area contributed by atoms with Crippen LogP contribution in [0.3, 0.4) is 0 Å². The highest BCUT2D eigenvalue weighted by atomic mass is 19.1. The highest BCUT2D eigenvalue weighted by Gasteiger charge is 2.12. The molecule has 2 aromatic carbocycles. The molecule has 2 nitrogen and oxygen atoms in total. The van der Waals surface area contributed by atoms with E-state index in [0.717, 1.165) is 12.1 Å². The van der Waals surface area contributed by atoms with E-state index in [4.69, 9.17) is 4.74 Å². The lowest BCUT2D eigenvalue weighted by Gasteiger charge is -2.20. The monoisotopic (exact) mass is 287 g/mol. The summed E-state index contributed by atoms with van der Waals surface area (Å²) in [5.41, 5.74) is 3.35. The maximum atomic E-state index is 13.3. The van der Waals surface area contributed by atoms with Crippen molar-refractivity contribution in [3.8, 4) is 5.75 Å². The molecule has 21 heavy (non-hydrogen) atoms. The molecule has 1 atom stereocenters. The molecule has 0 spiro atoms. The fraction of sp³-hybridized carbons (Fsp3) is 0.333. The quantitative estimate of drug-likeness (QED) is 0.861. The van der Waals surface area contributed by atoms with Gasteiger partial charge in [0.15, 0.2) is 0 Å². The molecule has 0 saturated heterocycles. The van der Waals surface area contributed by atoms with Crippen LogP contribution in [0.2, 0.25) is 0 Å². The van der Waals surface area contributed by atoms with Crippen molar-refractivity contribution >= 4 is 0 Å². The van der Waals surface area contributed by atoms with Crippen LogP contribution in [0.1, 0.15) is 29.7 Å². The van der Waals surface area contributed by atoms with Gasteiger partial charge in [-0.3, -0.25) is 0 Å². The topological polar surface area (TPSA) is 21.3 Å². The molecule has 1 N–H and O–H groups in total. The van der Waals surface area contributed by atoms with Crippen LogP contribution in [-0.4, -0.2) is 13.2 Å². The summed E-state index contributed by atoms with van der Waals surface area (Å²) in [7, 11) is 0. The zero-order valence-corrected chi connectivity index (χ0v) is 12.8. The molecule has 0 fully saturated rings. The Morgan fingerprint density at radius 2 is 1.81 bits per heavy atom. The Bertz CT molecular complexity index is 580. The summed E-state index contributed by atoms with van der Waals surface area (Å²) in [6, 6.07) is 13.1. The van der Waals surface area contributed by atoms with Gasteiger partial charge in [-0.2, -0.15) is 0 Å². The third kappa shape index (κ3) is 4.30. The fourth-order valence-corrected chi connectivity index (χ4v) is 2.22. The molecule has 0 bridgehead atoms. The lowest BCUT2D eigenvalue weighted by molar-refractivity contribution is 0.265. The van der Waals surface area contributed by atoms with Gasteiger partial charge >= 0.3 is 0 Å². The summed E-state index contributed by atoms with van der Waals surface area (Å²) in [5, 5.41) is 3.40. The van der Waals surface area contributed by atoms with E-state index in [1.54, 1.807) is 6.07 Å². The predicted octanol–water partition coefficient (Wildman–Crippen LogP) is 4.17. The van der Waals surface area contributed by atoms with Gasteiger partial charge < -0.3 is 10.1 Å². The Labute approximate surface area is 126 Å². The van der Waals surface area contributed by atoms with Crippen LogP contribution in [0, 0.1) is 19.7 Å². The van der Waals surface area contributed by atoms with Gasteiger partial charge in [0.1, 0.15) is 18.2 Å². The van der Waals surface area contributed by atoms with E-state index >= 15 is 0 Å². The molecule has 0 radical (unpaired) electrons. The third-order valence-electron chi connectivity index (χ3n) is 3.49. The van der Waals surface area contributed by atoms with Gasteiger partial charge in [-0.25, -0.2) is 4.39 Å². The number of ether oxygens (including phenoxy) is 1. The molecule has 0 heterocycles. The van der Waals surface area contributed by atoms with Gasteiger partial charge in [0.05, 0.1) is 6.04 Å². The van der Waals surface area contributed by atoms with Gasteiger partial charge in [0, 0.05) is 6.07 Å². The smallest absolute Gasteiger partial charge is 0.126 e. The summed E-state index contributed by atoms with van der Waals surface area (Å²) < 4.78 is 19.1. The van der Waals surface area contributed by atoms with Crippen molar-refractivity contribution in [1.29, 1.82) is 0 Å². The Morgan fingerprint density at radius 3 is 2.48 bits per heavy atom. The summed E-state index contributed by atoms with van der Waals surface area (Å²) >= 11 is 0. The lowest BCUT2D eigenvalue weighted by atomic mass is 10.1. The van der Waals surface area contributed by atoms with E-state index in [1.807, 2.05) is 6.92 Å². The minimum absolute atomic E-state index is 0.0956. The largest absolute Gasteiger partial charge is 0.491 e. The van der Waals surface area contributed by atoms with Crippen molar-refractivity contribution in [2.75, 3.05) is 13.2 Å². The molecular formula is C18H22FNO. The zero-order chi connectivity index (χ0) is 15.2. The number of benzene rings is 2. The highest BCUT2D eigenvalue weighted by molar-refractivity contribution is 5.33. The zero-order valence-electron chi connectivity index (χ0n) is 12.8. The fourth-order valence-electron chi connectivity index (χ4n) is 2.22. The van der Waals surface area contributed by atoms with Crippen molar-refractivity contribution < 1.29 is 9.13 Å². The lowest BCUT2D eigenvalue weighted by Crippen LogP contribution is -2.26. The van der Waals surface area contributed by atoms with Crippen LogP contribution >= 0.6 is 0 Å². The Morgan fingerprint density at radius 1 is 1.10 bits per heavy atom. The van der Waals surface area contributed by atoms with Gasteiger partial charge in [0.2, 0.25) is 0 Å². The molecule has 112 valence electrons. The number of likely N-dealkylation sites (N-methyl/N-ethyl adjacent to an activating group) is 1. The summed E-state index contributed by atoms with van der Waals surface area (Å²) in [5.74, 6) is 0.330. The predicted molar refractivity (Wildman–Crippen MR) is 84.2 cm³/mol. The first kappa shape index (κ1) is 15.5. The Balaban J connectivity index is 2.09. The number of rotatable bonds is 6. The normalized spacial score (nSPS) is 12.2. The van der Waals surface area contributed by atoms with Crippen molar-refractivity contribution in [1.82, 2.24) is 5.32 Å². The molecule has 0 aliphatic rings. The van der Waals surface area contributed by atoms with E-state index in [1.165, 1.54) is 23.3 Å². The van der Waals surface area contributed by atoms with Crippen LogP contribution in [0.4, 0.5) is 4.39 Å². The SMILES string of the molecule is CCNC(COc1cc(F)ccc1C)c1ccc(C)cc1. The van der Waals surface area contributed by atoms with E-state index in [-0.39, 0.29) is 11.9 Å². The minimum atomic E-state index is -0.272. The maximum Gasteiger partial charge on any atom is 0.126 e. The maximum absolute atomic E-state index is 13.3. The van der Waals surface area contributed by atoms with Crippen LogP contribution in [0.25, 0.3) is 0 Å². The molecule has 0 aliphatic heterocycles. The summed E-state index contributed by atoms with van der Waals surface area (Å²) in [6.45, 7) is 7.38. The second-order valence-electron chi connectivity index (χ2n) is 5.24. The van der Waals surface area contributed by atoms with Crippen LogP contribution < -0.4 is 10.1 Å². The average molecular weight is 287 g/mol. The molecule has 0 amide bonds. The molecule has 2 aromatic rings. The average Bonchev–Trinajstić information content (AvgIpc) is 2.48. The van der Waals surface area contributed by atoms with Crippen molar-refractivity contribution in [2.24, 2.45) is 0 Å². The molecule has 0 saturated carbocycles. The molecule has 0 aliphatic carbocycles. The van der Waals surface area contributed by atoms with Gasteiger partial charge in [-0.1, -0.05) is 42.8 Å². The molecule has 1 unspecified atom stereocenters. The second-order valence-corrected chi connectivity index (χ2v) is 5.24. The first-order valence-electron chi connectivity index (χ1n) is 7.29. The van der Waals surface area contributed by atoms with Gasteiger partial charge in [0.25, 0.3) is 0 Å². The van der Waals surface area contributed by atoms with Crippen LogP contribution in [-0.2, 0) is 0 Å². The molecule has 3 heteroatoms. The summed E-state index contributed by atoms with van der Waals surface area (Å²) in [6.07, 6.45) is 0. The van der Waals surface area contributed by atoms with E-state index < -0.39 is 0 Å². The molecule has 0 aromatic heterocycles. The Kier molecular flexibility index (Phi) is 5.34. The highest BCUT2D eigenvalue weighted by Crippen LogP contribution is 2.21. The van der Waals surface area contributed by atoms with Gasteiger partial charge in [-0.15, -0.1) is 0 Å². The first-order chi connectivity index (χ1) is 10.1. The van der Waals surface area contributed by atoms with Crippen LogP contribution in [0.15, 0.2) is 42.5 Å².